The minimum Gasteiger partial charge on any atom is -0.398 e. The van der Waals surface area contributed by atoms with Crippen LogP contribution < -0.4 is 5.73 Å². The van der Waals surface area contributed by atoms with Crippen molar-refractivity contribution in [1.29, 1.82) is 0 Å². The lowest BCUT2D eigenvalue weighted by atomic mass is 10.3. The quantitative estimate of drug-likeness (QED) is 0.640. The number of anilines is 1. The highest BCUT2D eigenvalue weighted by Crippen LogP contribution is 2.23. The van der Waals surface area contributed by atoms with E-state index in [0.29, 0.717) is 11.5 Å². The highest BCUT2D eigenvalue weighted by Gasteiger charge is 2.07. The second-order valence-corrected chi connectivity index (χ2v) is 3.42. The van der Waals surface area contributed by atoms with Gasteiger partial charge in [-0.15, -0.1) is 0 Å². The Morgan fingerprint density at radius 1 is 1.06 bits per heavy atom. The summed E-state index contributed by atoms with van der Waals surface area (Å²) in [6.07, 6.45) is 5.07. The Hall–Kier alpha value is -2.43. The van der Waals surface area contributed by atoms with Crippen LogP contribution in [0.2, 0.25) is 0 Å². The summed E-state index contributed by atoms with van der Waals surface area (Å²) in [7, 11) is 0. The molecular formula is C11H9N5. The number of pyridine rings is 1. The molecule has 5 heteroatoms. The molecular weight excluding hydrogens is 202 g/mol. The third kappa shape index (κ3) is 1.30. The zero-order valence-corrected chi connectivity index (χ0v) is 8.38. The summed E-state index contributed by atoms with van der Waals surface area (Å²) in [6.45, 7) is 0. The predicted molar refractivity (Wildman–Crippen MR) is 61.5 cm³/mol. The van der Waals surface area contributed by atoms with Crippen LogP contribution >= 0.6 is 0 Å². The fourth-order valence-corrected chi connectivity index (χ4v) is 1.61. The van der Waals surface area contributed by atoms with Gasteiger partial charge in [-0.1, -0.05) is 0 Å². The summed E-state index contributed by atoms with van der Waals surface area (Å²) in [6, 6.07) is 5.46. The normalized spacial score (nSPS) is 10.8. The molecule has 0 radical (unpaired) electrons. The molecule has 3 rings (SSSR count). The lowest BCUT2D eigenvalue weighted by molar-refractivity contribution is 1.15. The zero-order chi connectivity index (χ0) is 11.0. The molecule has 0 saturated heterocycles. The lowest BCUT2D eigenvalue weighted by Crippen LogP contribution is -1.86. The third-order valence-corrected chi connectivity index (χ3v) is 2.37. The van der Waals surface area contributed by atoms with Gasteiger partial charge in [0.15, 0.2) is 5.82 Å². The highest BCUT2D eigenvalue weighted by molar-refractivity contribution is 5.91. The van der Waals surface area contributed by atoms with Gasteiger partial charge in [-0.3, -0.25) is 0 Å². The van der Waals surface area contributed by atoms with E-state index in [1.807, 2.05) is 6.07 Å². The number of aromatic amines is 1. The van der Waals surface area contributed by atoms with Crippen LogP contribution in [0.3, 0.4) is 0 Å². The van der Waals surface area contributed by atoms with Crippen molar-refractivity contribution in [3.63, 3.8) is 0 Å². The highest BCUT2D eigenvalue weighted by atomic mass is 14.9. The Morgan fingerprint density at radius 3 is 2.62 bits per heavy atom. The van der Waals surface area contributed by atoms with E-state index in [-0.39, 0.29) is 0 Å². The Morgan fingerprint density at radius 2 is 1.88 bits per heavy atom. The standard InChI is InChI=1S/C11H9N5/c12-8-2-5-15-10-7(8)6-9(16-10)11-13-3-1-4-14-11/h1-6H,(H3,12,15,16). The molecule has 16 heavy (non-hydrogen) atoms. The van der Waals surface area contributed by atoms with Crippen molar-refractivity contribution in [3.8, 4) is 11.5 Å². The number of rotatable bonds is 1. The van der Waals surface area contributed by atoms with Crippen molar-refractivity contribution >= 4 is 16.7 Å². The van der Waals surface area contributed by atoms with Crippen LogP contribution in [-0.4, -0.2) is 19.9 Å². The zero-order valence-electron chi connectivity index (χ0n) is 8.38. The molecule has 0 saturated carbocycles. The van der Waals surface area contributed by atoms with Gasteiger partial charge in [-0.25, -0.2) is 15.0 Å². The van der Waals surface area contributed by atoms with Gasteiger partial charge in [0, 0.05) is 29.7 Å². The number of H-pyrrole nitrogens is 1. The second-order valence-electron chi connectivity index (χ2n) is 3.42. The van der Waals surface area contributed by atoms with Crippen molar-refractivity contribution in [1.82, 2.24) is 19.9 Å². The first-order chi connectivity index (χ1) is 7.84. The SMILES string of the molecule is Nc1ccnc2[nH]c(-c3ncccn3)cc12. The lowest BCUT2D eigenvalue weighted by Gasteiger charge is -1.92. The van der Waals surface area contributed by atoms with Crippen molar-refractivity contribution in [2.75, 3.05) is 5.73 Å². The average Bonchev–Trinajstić information content (AvgIpc) is 2.76. The van der Waals surface area contributed by atoms with Gasteiger partial charge in [-0.2, -0.15) is 0 Å². The van der Waals surface area contributed by atoms with Gasteiger partial charge in [0.05, 0.1) is 5.69 Å². The molecule has 5 nitrogen and oxygen atoms in total. The van der Waals surface area contributed by atoms with Crippen LogP contribution in [-0.2, 0) is 0 Å². The van der Waals surface area contributed by atoms with Gasteiger partial charge in [0.1, 0.15) is 5.65 Å². The number of nitrogens with zero attached hydrogens (tertiary/aromatic N) is 3. The fourth-order valence-electron chi connectivity index (χ4n) is 1.61. The summed E-state index contributed by atoms with van der Waals surface area (Å²) < 4.78 is 0. The molecule has 0 aliphatic heterocycles. The van der Waals surface area contributed by atoms with Crippen molar-refractivity contribution in [2.45, 2.75) is 0 Å². The molecule has 0 unspecified atom stereocenters. The van der Waals surface area contributed by atoms with Gasteiger partial charge in [0.2, 0.25) is 0 Å². The van der Waals surface area contributed by atoms with E-state index < -0.39 is 0 Å². The largest absolute Gasteiger partial charge is 0.398 e. The smallest absolute Gasteiger partial charge is 0.175 e. The van der Waals surface area contributed by atoms with E-state index in [9.17, 15) is 0 Å². The van der Waals surface area contributed by atoms with Gasteiger partial charge in [0.25, 0.3) is 0 Å². The molecule has 0 atom stereocenters. The maximum atomic E-state index is 5.85. The maximum Gasteiger partial charge on any atom is 0.175 e. The molecule has 0 amide bonds. The third-order valence-electron chi connectivity index (χ3n) is 2.37. The first kappa shape index (κ1) is 8.84. The molecule has 3 N–H and O–H groups in total. The Balaban J connectivity index is 2.23. The minimum atomic E-state index is 0.639. The van der Waals surface area contributed by atoms with Crippen LogP contribution in [0.15, 0.2) is 36.8 Å². The van der Waals surface area contributed by atoms with Crippen molar-refractivity contribution in [3.05, 3.63) is 36.8 Å². The summed E-state index contributed by atoms with van der Waals surface area (Å²) in [5.74, 6) is 0.639. The average molecular weight is 211 g/mol. The number of nitrogens with two attached hydrogens (primary N) is 1. The van der Waals surface area contributed by atoms with Gasteiger partial charge < -0.3 is 10.7 Å². The molecule has 3 heterocycles. The molecule has 0 fully saturated rings. The van der Waals surface area contributed by atoms with Crippen LogP contribution in [0.1, 0.15) is 0 Å². The summed E-state index contributed by atoms with van der Waals surface area (Å²) in [4.78, 5) is 15.7. The summed E-state index contributed by atoms with van der Waals surface area (Å²) in [5, 5.41) is 0.893. The molecule has 0 aliphatic rings. The number of fused-ring (bicyclic) bond motifs is 1. The first-order valence-electron chi connectivity index (χ1n) is 4.85. The fraction of sp³-hybridized carbons (Fsp3) is 0. The van der Waals surface area contributed by atoms with Gasteiger partial charge >= 0.3 is 0 Å². The summed E-state index contributed by atoms with van der Waals surface area (Å²) in [5.41, 5.74) is 8.12. The van der Waals surface area contributed by atoms with E-state index in [2.05, 4.69) is 19.9 Å². The van der Waals surface area contributed by atoms with E-state index >= 15 is 0 Å². The number of hydrogen-bond donors (Lipinski definition) is 2. The predicted octanol–water partition coefficient (Wildman–Crippen LogP) is 1.60. The topological polar surface area (TPSA) is 80.5 Å². The van der Waals surface area contributed by atoms with E-state index in [0.717, 1.165) is 16.7 Å². The number of aromatic nitrogens is 4. The molecule has 3 aromatic heterocycles. The van der Waals surface area contributed by atoms with Crippen LogP contribution in [0, 0.1) is 0 Å². The first-order valence-corrected chi connectivity index (χ1v) is 4.85. The Bertz CT molecular complexity index is 629. The second kappa shape index (κ2) is 3.30. The van der Waals surface area contributed by atoms with E-state index in [1.165, 1.54) is 0 Å². The van der Waals surface area contributed by atoms with Crippen LogP contribution in [0.4, 0.5) is 5.69 Å². The maximum absolute atomic E-state index is 5.85. The van der Waals surface area contributed by atoms with Crippen molar-refractivity contribution in [2.24, 2.45) is 0 Å². The van der Waals surface area contributed by atoms with Gasteiger partial charge in [-0.05, 0) is 18.2 Å². The van der Waals surface area contributed by atoms with E-state index in [1.54, 1.807) is 30.7 Å². The molecule has 78 valence electrons. The summed E-state index contributed by atoms with van der Waals surface area (Å²) >= 11 is 0. The Kier molecular flexibility index (Phi) is 1.83. The monoisotopic (exact) mass is 211 g/mol. The molecule has 3 aromatic rings. The Labute approximate surface area is 91.4 Å². The van der Waals surface area contributed by atoms with E-state index in [4.69, 9.17) is 5.73 Å². The number of nitrogen functional groups attached to an aromatic ring is 1. The molecule has 0 aromatic carbocycles. The number of nitrogens with one attached hydrogen (secondary N) is 1. The molecule has 0 aliphatic carbocycles. The van der Waals surface area contributed by atoms with Crippen LogP contribution in [0.5, 0.6) is 0 Å². The number of hydrogen-bond acceptors (Lipinski definition) is 4. The molecule has 0 spiro atoms. The molecule has 0 bridgehead atoms. The van der Waals surface area contributed by atoms with Crippen molar-refractivity contribution < 1.29 is 0 Å². The van der Waals surface area contributed by atoms with Crippen LogP contribution in [0.25, 0.3) is 22.6 Å². The minimum absolute atomic E-state index is 0.639.